The number of carbonyl (C=O) groups is 1. The van der Waals surface area contributed by atoms with Crippen molar-refractivity contribution in [3.05, 3.63) is 23.9 Å². The van der Waals surface area contributed by atoms with Gasteiger partial charge in [0.2, 0.25) is 5.88 Å². The number of amides is 1. The number of primary amides is 1. The molecule has 1 aromatic rings. The summed E-state index contributed by atoms with van der Waals surface area (Å²) >= 11 is 0. The number of pyridine rings is 1. The highest BCUT2D eigenvalue weighted by molar-refractivity contribution is 5.90. The Kier molecular flexibility index (Phi) is 6.03. The van der Waals surface area contributed by atoms with Gasteiger partial charge in [-0.3, -0.25) is 4.79 Å². The summed E-state index contributed by atoms with van der Waals surface area (Å²) in [6.45, 7) is 4.44. The molecule has 0 aliphatic rings. The van der Waals surface area contributed by atoms with Gasteiger partial charge >= 0.3 is 0 Å². The molecule has 5 nitrogen and oxygen atoms in total. The fourth-order valence-electron chi connectivity index (χ4n) is 1.29. The summed E-state index contributed by atoms with van der Waals surface area (Å²) in [5.41, 5.74) is 5.35. The fourth-order valence-corrected chi connectivity index (χ4v) is 1.29. The minimum absolute atomic E-state index is 0.224. The molecule has 0 saturated carbocycles. The Balaban J connectivity index is 2.27. The van der Waals surface area contributed by atoms with Crippen LogP contribution in [0.4, 0.5) is 0 Å². The van der Waals surface area contributed by atoms with Gasteiger partial charge in [-0.15, -0.1) is 0 Å². The standard InChI is InChI=1S/C12H19N3O2/c1-2-3-7-14-8-9-17-11-6-4-5-10(15-11)12(13)16/h4-6,14H,2-3,7-9H2,1H3,(H2,13,16). The van der Waals surface area contributed by atoms with Crippen LogP contribution in [0.2, 0.25) is 0 Å². The van der Waals surface area contributed by atoms with E-state index in [4.69, 9.17) is 10.5 Å². The van der Waals surface area contributed by atoms with Crippen LogP contribution in [0.3, 0.4) is 0 Å². The molecule has 0 aliphatic heterocycles. The van der Waals surface area contributed by atoms with Gasteiger partial charge in [0.1, 0.15) is 12.3 Å². The van der Waals surface area contributed by atoms with Gasteiger partial charge < -0.3 is 15.8 Å². The third kappa shape index (κ3) is 5.31. The number of nitrogens with two attached hydrogens (primary N) is 1. The normalized spacial score (nSPS) is 10.2. The number of unbranched alkanes of at least 4 members (excludes halogenated alkanes) is 1. The maximum atomic E-state index is 10.9. The summed E-state index contributed by atoms with van der Waals surface area (Å²) in [5, 5.41) is 3.25. The van der Waals surface area contributed by atoms with Crippen LogP contribution in [0.1, 0.15) is 30.3 Å². The fraction of sp³-hybridized carbons (Fsp3) is 0.500. The Bertz CT molecular complexity index is 355. The number of carbonyl (C=O) groups excluding carboxylic acids is 1. The molecule has 1 rings (SSSR count). The second kappa shape index (κ2) is 7.62. The van der Waals surface area contributed by atoms with Crippen LogP contribution < -0.4 is 15.8 Å². The molecule has 0 aromatic carbocycles. The molecule has 3 N–H and O–H groups in total. The van der Waals surface area contributed by atoms with Crippen molar-refractivity contribution in [2.24, 2.45) is 5.73 Å². The molecule has 0 unspecified atom stereocenters. The number of ether oxygens (including phenoxy) is 1. The lowest BCUT2D eigenvalue weighted by Gasteiger charge is -2.06. The Morgan fingerprint density at radius 2 is 2.29 bits per heavy atom. The van der Waals surface area contributed by atoms with Crippen molar-refractivity contribution in [3.63, 3.8) is 0 Å². The zero-order valence-electron chi connectivity index (χ0n) is 10.1. The number of hydrogen-bond acceptors (Lipinski definition) is 4. The van der Waals surface area contributed by atoms with Crippen molar-refractivity contribution >= 4 is 5.91 Å². The average molecular weight is 237 g/mol. The SMILES string of the molecule is CCCCNCCOc1cccc(C(N)=O)n1. The third-order valence-corrected chi connectivity index (χ3v) is 2.21. The van der Waals surface area contributed by atoms with Gasteiger partial charge in [-0.25, -0.2) is 4.98 Å². The summed E-state index contributed by atoms with van der Waals surface area (Å²) in [5.74, 6) is -0.116. The summed E-state index contributed by atoms with van der Waals surface area (Å²) < 4.78 is 5.40. The predicted molar refractivity (Wildman–Crippen MR) is 66.0 cm³/mol. The number of aromatic nitrogens is 1. The smallest absolute Gasteiger partial charge is 0.267 e. The van der Waals surface area contributed by atoms with Gasteiger partial charge in [-0.05, 0) is 19.0 Å². The van der Waals surface area contributed by atoms with Crippen molar-refractivity contribution in [2.75, 3.05) is 19.7 Å². The first-order chi connectivity index (χ1) is 8.24. The second-order valence-electron chi connectivity index (χ2n) is 3.68. The van der Waals surface area contributed by atoms with Crippen LogP contribution >= 0.6 is 0 Å². The first kappa shape index (κ1) is 13.4. The molecule has 0 saturated heterocycles. The summed E-state index contributed by atoms with van der Waals surface area (Å²) in [6.07, 6.45) is 2.34. The monoisotopic (exact) mass is 237 g/mol. The van der Waals surface area contributed by atoms with Gasteiger partial charge in [-0.2, -0.15) is 0 Å². The zero-order valence-corrected chi connectivity index (χ0v) is 10.1. The molecule has 1 aromatic heterocycles. The Hall–Kier alpha value is -1.62. The minimum Gasteiger partial charge on any atom is -0.476 e. The van der Waals surface area contributed by atoms with E-state index in [0.717, 1.165) is 19.5 Å². The van der Waals surface area contributed by atoms with Crippen LogP contribution in [0, 0.1) is 0 Å². The minimum atomic E-state index is -0.545. The van der Waals surface area contributed by atoms with Crippen molar-refractivity contribution in [1.29, 1.82) is 0 Å². The first-order valence-corrected chi connectivity index (χ1v) is 5.84. The van der Waals surface area contributed by atoms with E-state index in [1.165, 1.54) is 6.42 Å². The van der Waals surface area contributed by atoms with E-state index in [2.05, 4.69) is 17.2 Å². The zero-order chi connectivity index (χ0) is 12.5. The lowest BCUT2D eigenvalue weighted by Crippen LogP contribution is -2.22. The van der Waals surface area contributed by atoms with Crippen LogP contribution in [0.25, 0.3) is 0 Å². The van der Waals surface area contributed by atoms with E-state index in [1.54, 1.807) is 18.2 Å². The van der Waals surface area contributed by atoms with Crippen molar-refractivity contribution in [1.82, 2.24) is 10.3 Å². The molecule has 0 atom stereocenters. The lowest BCUT2D eigenvalue weighted by molar-refractivity contribution is 0.0994. The van der Waals surface area contributed by atoms with Crippen molar-refractivity contribution in [2.45, 2.75) is 19.8 Å². The van der Waals surface area contributed by atoms with E-state index in [0.29, 0.717) is 12.5 Å². The van der Waals surface area contributed by atoms with E-state index < -0.39 is 5.91 Å². The van der Waals surface area contributed by atoms with Crippen LogP contribution in [0.15, 0.2) is 18.2 Å². The average Bonchev–Trinajstić information content (AvgIpc) is 2.34. The van der Waals surface area contributed by atoms with Gasteiger partial charge in [0.15, 0.2) is 0 Å². The molecule has 1 amide bonds. The number of rotatable bonds is 8. The van der Waals surface area contributed by atoms with Crippen LogP contribution in [0.5, 0.6) is 5.88 Å². The van der Waals surface area contributed by atoms with Crippen LogP contribution in [-0.2, 0) is 0 Å². The maximum Gasteiger partial charge on any atom is 0.267 e. The van der Waals surface area contributed by atoms with Crippen LogP contribution in [-0.4, -0.2) is 30.6 Å². The highest BCUT2D eigenvalue weighted by Gasteiger charge is 2.03. The Labute approximate surface area is 101 Å². The highest BCUT2D eigenvalue weighted by Crippen LogP contribution is 2.06. The predicted octanol–water partition coefficient (Wildman–Crippen LogP) is 0.949. The van der Waals surface area contributed by atoms with E-state index in [1.807, 2.05) is 0 Å². The molecule has 5 heteroatoms. The molecule has 0 radical (unpaired) electrons. The summed E-state index contributed by atoms with van der Waals surface area (Å²) in [7, 11) is 0. The number of nitrogens with zero attached hydrogens (tertiary/aromatic N) is 1. The summed E-state index contributed by atoms with van der Waals surface area (Å²) in [4.78, 5) is 14.9. The van der Waals surface area contributed by atoms with E-state index >= 15 is 0 Å². The van der Waals surface area contributed by atoms with Crippen molar-refractivity contribution in [3.8, 4) is 5.88 Å². The number of nitrogens with one attached hydrogen (secondary N) is 1. The number of hydrogen-bond donors (Lipinski definition) is 2. The maximum absolute atomic E-state index is 10.9. The Morgan fingerprint density at radius 1 is 1.47 bits per heavy atom. The third-order valence-electron chi connectivity index (χ3n) is 2.21. The summed E-state index contributed by atoms with van der Waals surface area (Å²) in [6, 6.07) is 4.97. The molecular weight excluding hydrogens is 218 g/mol. The first-order valence-electron chi connectivity index (χ1n) is 5.84. The van der Waals surface area contributed by atoms with E-state index in [-0.39, 0.29) is 5.69 Å². The quantitative estimate of drug-likeness (QED) is 0.660. The van der Waals surface area contributed by atoms with Gasteiger partial charge in [0.05, 0.1) is 0 Å². The molecule has 0 fully saturated rings. The van der Waals surface area contributed by atoms with E-state index in [9.17, 15) is 4.79 Å². The molecule has 0 aliphatic carbocycles. The Morgan fingerprint density at radius 3 is 3.00 bits per heavy atom. The molecule has 1 heterocycles. The topological polar surface area (TPSA) is 77.2 Å². The molecule has 17 heavy (non-hydrogen) atoms. The lowest BCUT2D eigenvalue weighted by atomic mass is 10.3. The second-order valence-corrected chi connectivity index (χ2v) is 3.68. The van der Waals surface area contributed by atoms with Crippen molar-refractivity contribution < 1.29 is 9.53 Å². The molecule has 0 bridgehead atoms. The molecule has 94 valence electrons. The largest absolute Gasteiger partial charge is 0.476 e. The van der Waals surface area contributed by atoms with Gasteiger partial charge in [-0.1, -0.05) is 19.4 Å². The highest BCUT2D eigenvalue weighted by atomic mass is 16.5. The molecule has 0 spiro atoms. The molecular formula is C12H19N3O2. The van der Waals surface area contributed by atoms with Gasteiger partial charge in [0.25, 0.3) is 5.91 Å². The van der Waals surface area contributed by atoms with Gasteiger partial charge in [0, 0.05) is 12.6 Å².